The van der Waals surface area contributed by atoms with Gasteiger partial charge < -0.3 is 4.74 Å². The topological polar surface area (TPSA) is 65.1 Å². The summed E-state index contributed by atoms with van der Waals surface area (Å²) in [7, 11) is 1.98. The van der Waals surface area contributed by atoms with E-state index in [9.17, 15) is 0 Å². The van der Waals surface area contributed by atoms with Crippen molar-refractivity contribution in [1.82, 2.24) is 15.2 Å². The maximum atomic E-state index is 6.25. The number of ether oxygens (including phenoxy) is 1. The average Bonchev–Trinajstić information content (AvgIpc) is 2.66. The zero-order valence-electron chi connectivity index (χ0n) is 13.0. The monoisotopic (exact) mass is 280 g/mol. The maximum absolute atomic E-state index is 6.25. The molecule has 1 aromatic rings. The molecule has 1 aliphatic rings. The van der Waals surface area contributed by atoms with E-state index in [0.717, 1.165) is 25.1 Å². The number of hydrogen-bond acceptors (Lipinski definition) is 4. The van der Waals surface area contributed by atoms with Gasteiger partial charge in [0.2, 0.25) is 0 Å². The Kier molecular flexibility index (Phi) is 5.18. The van der Waals surface area contributed by atoms with Crippen molar-refractivity contribution >= 4 is 0 Å². The highest BCUT2D eigenvalue weighted by Crippen LogP contribution is 2.40. The van der Waals surface area contributed by atoms with Gasteiger partial charge in [0.15, 0.2) is 0 Å². The standard InChI is InChI=1S/C15H28N4O/c1-4-20-15(9-7-5-6-8-10-15)14(18-16)13-12(2)11-17-19(13)3/h11,14,18H,4-10,16H2,1-3H3. The molecule has 1 aliphatic carbocycles. The van der Waals surface area contributed by atoms with Crippen LogP contribution in [0.5, 0.6) is 0 Å². The lowest BCUT2D eigenvalue weighted by molar-refractivity contribution is -0.0800. The molecule has 1 aromatic heterocycles. The van der Waals surface area contributed by atoms with Crippen LogP contribution in [0.2, 0.25) is 0 Å². The van der Waals surface area contributed by atoms with E-state index in [0.29, 0.717) is 0 Å². The predicted octanol–water partition coefficient (Wildman–Crippen LogP) is 2.36. The molecule has 5 heteroatoms. The summed E-state index contributed by atoms with van der Waals surface area (Å²) in [6.45, 7) is 4.87. The minimum Gasteiger partial charge on any atom is -0.373 e. The molecule has 3 N–H and O–H groups in total. The quantitative estimate of drug-likeness (QED) is 0.494. The van der Waals surface area contributed by atoms with Crippen LogP contribution in [0.15, 0.2) is 6.20 Å². The summed E-state index contributed by atoms with van der Waals surface area (Å²) in [4.78, 5) is 0. The predicted molar refractivity (Wildman–Crippen MR) is 80.1 cm³/mol. The molecular formula is C15H28N4O. The number of rotatable bonds is 5. The van der Waals surface area contributed by atoms with E-state index in [1.54, 1.807) is 0 Å². The number of aromatic nitrogens is 2. The first-order chi connectivity index (χ1) is 9.64. The van der Waals surface area contributed by atoms with Gasteiger partial charge in [-0.15, -0.1) is 0 Å². The first-order valence-electron chi connectivity index (χ1n) is 7.73. The molecule has 20 heavy (non-hydrogen) atoms. The van der Waals surface area contributed by atoms with Gasteiger partial charge in [-0.05, 0) is 32.3 Å². The second kappa shape index (κ2) is 6.70. The number of aryl methyl sites for hydroxylation is 2. The molecule has 0 bridgehead atoms. The second-order valence-electron chi connectivity index (χ2n) is 5.85. The second-order valence-corrected chi connectivity index (χ2v) is 5.85. The van der Waals surface area contributed by atoms with Crippen LogP contribution in [0.1, 0.15) is 62.7 Å². The van der Waals surface area contributed by atoms with Crippen molar-refractivity contribution in [2.45, 2.75) is 64.0 Å². The van der Waals surface area contributed by atoms with E-state index >= 15 is 0 Å². The van der Waals surface area contributed by atoms with Crippen LogP contribution in [-0.2, 0) is 11.8 Å². The molecule has 1 atom stereocenters. The fraction of sp³-hybridized carbons (Fsp3) is 0.800. The highest BCUT2D eigenvalue weighted by molar-refractivity contribution is 5.23. The normalized spacial score (nSPS) is 20.6. The summed E-state index contributed by atoms with van der Waals surface area (Å²) in [5.41, 5.74) is 5.12. The van der Waals surface area contributed by atoms with Crippen LogP contribution < -0.4 is 11.3 Å². The minimum atomic E-state index is -0.210. The first kappa shape index (κ1) is 15.5. The van der Waals surface area contributed by atoms with Crippen molar-refractivity contribution in [2.24, 2.45) is 12.9 Å². The van der Waals surface area contributed by atoms with E-state index in [4.69, 9.17) is 10.6 Å². The Morgan fingerprint density at radius 2 is 2.05 bits per heavy atom. The molecule has 0 saturated heterocycles. The van der Waals surface area contributed by atoms with Gasteiger partial charge in [-0.25, -0.2) is 5.43 Å². The number of hydrazine groups is 1. The van der Waals surface area contributed by atoms with Gasteiger partial charge in [-0.2, -0.15) is 5.10 Å². The van der Waals surface area contributed by atoms with E-state index in [1.165, 1.54) is 31.2 Å². The molecule has 0 amide bonds. The Bertz CT molecular complexity index is 402. The van der Waals surface area contributed by atoms with Gasteiger partial charge in [0.05, 0.1) is 23.5 Å². The summed E-state index contributed by atoms with van der Waals surface area (Å²) < 4.78 is 8.18. The number of nitrogens with one attached hydrogen (secondary N) is 1. The third-order valence-electron chi connectivity index (χ3n) is 4.53. The lowest BCUT2D eigenvalue weighted by atomic mass is 9.83. The van der Waals surface area contributed by atoms with E-state index < -0.39 is 0 Å². The molecule has 5 nitrogen and oxygen atoms in total. The van der Waals surface area contributed by atoms with Crippen LogP contribution in [0, 0.1) is 6.92 Å². The van der Waals surface area contributed by atoms with Crippen LogP contribution in [-0.4, -0.2) is 22.0 Å². The Balaban J connectivity index is 2.38. The van der Waals surface area contributed by atoms with E-state index in [-0.39, 0.29) is 11.6 Å². The van der Waals surface area contributed by atoms with Crippen molar-refractivity contribution in [3.05, 3.63) is 17.5 Å². The number of hydrogen-bond donors (Lipinski definition) is 2. The van der Waals surface area contributed by atoms with Gasteiger partial charge in [0.1, 0.15) is 0 Å². The SMILES string of the molecule is CCOC1(C(NN)c2c(C)cnn2C)CCCCCC1. The van der Waals surface area contributed by atoms with Crippen molar-refractivity contribution in [2.75, 3.05) is 6.61 Å². The van der Waals surface area contributed by atoms with Crippen LogP contribution in [0.3, 0.4) is 0 Å². The highest BCUT2D eigenvalue weighted by Gasteiger charge is 2.42. The van der Waals surface area contributed by atoms with Gasteiger partial charge in [0, 0.05) is 13.7 Å². The van der Waals surface area contributed by atoms with Crippen molar-refractivity contribution in [3.8, 4) is 0 Å². The largest absolute Gasteiger partial charge is 0.373 e. The van der Waals surface area contributed by atoms with Crippen molar-refractivity contribution < 1.29 is 4.74 Å². The zero-order chi connectivity index (χ0) is 14.6. The lowest BCUT2D eigenvalue weighted by Gasteiger charge is -2.40. The molecule has 114 valence electrons. The molecule has 2 rings (SSSR count). The Morgan fingerprint density at radius 3 is 2.50 bits per heavy atom. The third-order valence-corrected chi connectivity index (χ3v) is 4.53. The molecule has 0 aliphatic heterocycles. The van der Waals surface area contributed by atoms with E-state index in [1.807, 2.05) is 17.9 Å². The highest BCUT2D eigenvalue weighted by atomic mass is 16.5. The molecular weight excluding hydrogens is 252 g/mol. The summed E-state index contributed by atoms with van der Waals surface area (Å²) in [5, 5.41) is 4.36. The van der Waals surface area contributed by atoms with E-state index in [2.05, 4.69) is 24.4 Å². The molecule has 1 fully saturated rings. The molecule has 0 spiro atoms. The summed E-state index contributed by atoms with van der Waals surface area (Å²) in [6.07, 6.45) is 8.99. The number of nitrogens with two attached hydrogens (primary N) is 1. The summed E-state index contributed by atoms with van der Waals surface area (Å²) >= 11 is 0. The summed E-state index contributed by atoms with van der Waals surface area (Å²) in [6, 6.07) is -0.00644. The number of nitrogens with zero attached hydrogens (tertiary/aromatic N) is 2. The van der Waals surface area contributed by atoms with Gasteiger partial charge >= 0.3 is 0 Å². The Hall–Kier alpha value is -0.910. The zero-order valence-corrected chi connectivity index (χ0v) is 13.0. The summed E-state index contributed by atoms with van der Waals surface area (Å²) in [5.74, 6) is 5.93. The lowest BCUT2D eigenvalue weighted by Crippen LogP contribution is -2.49. The smallest absolute Gasteiger partial charge is 0.0920 e. The molecule has 1 unspecified atom stereocenters. The van der Waals surface area contributed by atoms with Crippen molar-refractivity contribution in [1.29, 1.82) is 0 Å². The van der Waals surface area contributed by atoms with Gasteiger partial charge in [0.25, 0.3) is 0 Å². The van der Waals surface area contributed by atoms with Gasteiger partial charge in [-0.3, -0.25) is 10.5 Å². The minimum absolute atomic E-state index is 0.00644. The molecule has 1 saturated carbocycles. The molecule has 1 heterocycles. The van der Waals surface area contributed by atoms with Crippen molar-refractivity contribution in [3.63, 3.8) is 0 Å². The van der Waals surface area contributed by atoms with Crippen LogP contribution in [0.4, 0.5) is 0 Å². The molecule has 0 radical (unpaired) electrons. The Morgan fingerprint density at radius 1 is 1.40 bits per heavy atom. The van der Waals surface area contributed by atoms with Crippen LogP contribution in [0.25, 0.3) is 0 Å². The fourth-order valence-corrected chi connectivity index (χ4v) is 3.58. The Labute approximate surface area is 121 Å². The molecule has 0 aromatic carbocycles. The average molecular weight is 280 g/mol. The fourth-order valence-electron chi connectivity index (χ4n) is 3.58. The van der Waals surface area contributed by atoms with Crippen LogP contribution >= 0.6 is 0 Å². The first-order valence-corrected chi connectivity index (χ1v) is 7.73. The van der Waals surface area contributed by atoms with Gasteiger partial charge in [-0.1, -0.05) is 25.7 Å². The third kappa shape index (κ3) is 2.90. The maximum Gasteiger partial charge on any atom is 0.0920 e.